The van der Waals surface area contributed by atoms with E-state index in [1.165, 1.54) is 5.69 Å². The molecule has 1 saturated heterocycles. The number of benzene rings is 2. The summed E-state index contributed by atoms with van der Waals surface area (Å²) < 4.78 is 0. The maximum Gasteiger partial charge on any atom is 0.222 e. The van der Waals surface area contributed by atoms with Crippen LogP contribution in [0.5, 0.6) is 0 Å². The molecule has 5 nitrogen and oxygen atoms in total. The Morgan fingerprint density at radius 3 is 2.74 bits per heavy atom. The van der Waals surface area contributed by atoms with E-state index in [0.717, 1.165) is 60.7 Å². The molecule has 162 valence electrons. The lowest BCUT2D eigenvalue weighted by Gasteiger charge is -2.33. The van der Waals surface area contributed by atoms with Crippen LogP contribution in [0.4, 0.5) is 5.69 Å². The van der Waals surface area contributed by atoms with E-state index in [4.69, 9.17) is 11.6 Å². The predicted molar refractivity (Wildman–Crippen MR) is 127 cm³/mol. The van der Waals surface area contributed by atoms with Crippen molar-refractivity contribution >= 4 is 23.2 Å². The number of amides is 1. The monoisotopic (exact) mass is 436 g/mol. The Morgan fingerprint density at radius 2 is 1.97 bits per heavy atom. The molecule has 31 heavy (non-hydrogen) atoms. The maximum atomic E-state index is 12.9. The number of piperidine rings is 1. The van der Waals surface area contributed by atoms with Crippen LogP contribution < -0.4 is 4.90 Å². The second-order valence-corrected chi connectivity index (χ2v) is 8.68. The van der Waals surface area contributed by atoms with Crippen molar-refractivity contribution in [3.8, 4) is 11.1 Å². The first kappa shape index (κ1) is 21.4. The number of para-hydroxylation sites is 1. The summed E-state index contributed by atoms with van der Waals surface area (Å²) in [5.74, 6) is 0.525. The lowest BCUT2D eigenvalue weighted by Crippen LogP contribution is -2.39. The number of hydrogen-bond acceptors (Lipinski definition) is 3. The molecule has 1 N–H and O–H groups in total. The fourth-order valence-corrected chi connectivity index (χ4v) is 4.47. The van der Waals surface area contributed by atoms with E-state index in [1.54, 1.807) is 0 Å². The molecule has 0 unspecified atom stereocenters. The van der Waals surface area contributed by atoms with Crippen molar-refractivity contribution in [2.45, 2.75) is 31.6 Å². The number of nitrogens with one attached hydrogen (secondary N) is 1. The van der Waals surface area contributed by atoms with Gasteiger partial charge in [0.05, 0.1) is 6.20 Å². The zero-order valence-electron chi connectivity index (χ0n) is 17.9. The summed E-state index contributed by atoms with van der Waals surface area (Å²) in [5, 5.41) is 8.22. The Kier molecular flexibility index (Phi) is 6.92. The number of hydrogen-bond donors (Lipinski definition) is 1. The van der Waals surface area contributed by atoms with Crippen molar-refractivity contribution in [1.29, 1.82) is 0 Å². The number of carbonyl (C=O) groups is 1. The van der Waals surface area contributed by atoms with Crippen LogP contribution in [0.15, 0.2) is 60.8 Å². The van der Waals surface area contributed by atoms with Gasteiger partial charge in [0.2, 0.25) is 5.91 Å². The molecule has 0 spiro atoms. The summed E-state index contributed by atoms with van der Waals surface area (Å²) in [6, 6.07) is 18.1. The van der Waals surface area contributed by atoms with Crippen LogP contribution in [0, 0.1) is 0 Å². The van der Waals surface area contributed by atoms with Gasteiger partial charge in [-0.3, -0.25) is 9.89 Å². The molecular weight excluding hydrogens is 408 g/mol. The van der Waals surface area contributed by atoms with E-state index in [-0.39, 0.29) is 11.8 Å². The number of rotatable bonds is 7. The molecule has 1 amide bonds. The minimum absolute atomic E-state index is 0.249. The highest BCUT2D eigenvalue weighted by Gasteiger charge is 2.27. The number of carbonyl (C=O) groups excluding carboxylic acids is 1. The molecule has 0 bridgehead atoms. The molecule has 6 heteroatoms. The number of aromatic nitrogens is 2. The molecule has 4 rings (SSSR count). The summed E-state index contributed by atoms with van der Waals surface area (Å²) in [7, 11) is 2.08. The Hall–Kier alpha value is -2.79. The third-order valence-electron chi connectivity index (χ3n) is 6.09. The molecule has 2 aromatic carbocycles. The van der Waals surface area contributed by atoms with Gasteiger partial charge in [-0.25, -0.2) is 0 Å². The SMILES string of the molecule is CN(CCCC(=O)N1CCC[C@@H](c2[nH]ncc2-c2ccc(Cl)cc2)C1)c1ccccc1. The molecule has 1 fully saturated rings. The van der Waals surface area contributed by atoms with Crippen LogP contribution >= 0.6 is 11.6 Å². The van der Waals surface area contributed by atoms with E-state index in [9.17, 15) is 4.79 Å². The summed E-state index contributed by atoms with van der Waals surface area (Å²) >= 11 is 6.04. The van der Waals surface area contributed by atoms with Gasteiger partial charge in [0.1, 0.15) is 0 Å². The fraction of sp³-hybridized carbons (Fsp3) is 0.360. The van der Waals surface area contributed by atoms with Crippen LogP contribution in [0.2, 0.25) is 5.02 Å². The molecule has 0 aliphatic carbocycles. The molecule has 1 aliphatic heterocycles. The number of anilines is 1. The van der Waals surface area contributed by atoms with Crippen LogP contribution in [0.1, 0.15) is 37.3 Å². The second-order valence-electron chi connectivity index (χ2n) is 8.24. The van der Waals surface area contributed by atoms with Gasteiger partial charge in [-0.1, -0.05) is 41.9 Å². The van der Waals surface area contributed by atoms with Crippen LogP contribution in [0.3, 0.4) is 0 Å². The normalized spacial score (nSPS) is 16.3. The van der Waals surface area contributed by atoms with Gasteiger partial charge >= 0.3 is 0 Å². The van der Waals surface area contributed by atoms with Crippen LogP contribution in [0.25, 0.3) is 11.1 Å². The highest BCUT2D eigenvalue weighted by Crippen LogP contribution is 2.33. The van der Waals surface area contributed by atoms with E-state index >= 15 is 0 Å². The number of H-pyrrole nitrogens is 1. The van der Waals surface area contributed by atoms with Gasteiger partial charge < -0.3 is 9.80 Å². The summed E-state index contributed by atoms with van der Waals surface area (Å²) in [6.07, 6.45) is 5.38. The van der Waals surface area contributed by atoms with E-state index in [1.807, 2.05) is 53.6 Å². The highest BCUT2D eigenvalue weighted by molar-refractivity contribution is 6.30. The third kappa shape index (κ3) is 5.28. The summed E-state index contributed by atoms with van der Waals surface area (Å²) in [5.41, 5.74) is 4.49. The quantitative estimate of drug-likeness (QED) is 0.543. The third-order valence-corrected chi connectivity index (χ3v) is 6.34. The second kappa shape index (κ2) is 10.0. The molecular formula is C25H29ClN4O. The van der Waals surface area contributed by atoms with Gasteiger partial charge in [0.25, 0.3) is 0 Å². The molecule has 1 atom stereocenters. The van der Waals surface area contributed by atoms with E-state index < -0.39 is 0 Å². The summed E-state index contributed by atoms with van der Waals surface area (Å²) in [4.78, 5) is 17.1. The summed E-state index contributed by atoms with van der Waals surface area (Å²) in [6.45, 7) is 2.46. The predicted octanol–water partition coefficient (Wildman–Crippen LogP) is 5.35. The Balaban J connectivity index is 1.34. The van der Waals surface area contributed by atoms with Crippen molar-refractivity contribution in [2.75, 3.05) is 31.6 Å². The lowest BCUT2D eigenvalue weighted by molar-refractivity contribution is -0.132. The van der Waals surface area contributed by atoms with Gasteiger partial charge in [0.15, 0.2) is 0 Å². The Labute approximate surface area is 189 Å². The van der Waals surface area contributed by atoms with Crippen LogP contribution in [-0.4, -0.2) is 47.7 Å². The van der Waals surface area contributed by atoms with Crippen molar-refractivity contribution in [1.82, 2.24) is 15.1 Å². The van der Waals surface area contributed by atoms with Crippen molar-refractivity contribution < 1.29 is 4.79 Å². The molecule has 0 radical (unpaired) electrons. The number of nitrogens with zero attached hydrogens (tertiary/aromatic N) is 3. The van der Waals surface area contributed by atoms with Gasteiger partial charge in [-0.2, -0.15) is 5.10 Å². The van der Waals surface area contributed by atoms with Crippen molar-refractivity contribution in [3.63, 3.8) is 0 Å². The van der Waals surface area contributed by atoms with Gasteiger partial charge in [0, 0.05) is 61.0 Å². The standard InChI is InChI=1S/C25H29ClN4O/c1-29(22-8-3-2-4-9-22)15-6-10-24(31)30-16-5-7-20(18-30)25-23(17-27-28-25)19-11-13-21(26)14-12-19/h2-4,8-9,11-14,17,20H,5-7,10,15-16,18H2,1H3,(H,27,28)/t20-/m1/s1. The first-order chi connectivity index (χ1) is 15.1. The number of halogens is 1. The van der Waals surface area contributed by atoms with Crippen LogP contribution in [-0.2, 0) is 4.79 Å². The van der Waals surface area contributed by atoms with E-state index in [0.29, 0.717) is 6.42 Å². The lowest BCUT2D eigenvalue weighted by atomic mass is 9.90. The van der Waals surface area contributed by atoms with Gasteiger partial charge in [-0.05, 0) is 49.1 Å². The molecule has 0 saturated carbocycles. The minimum atomic E-state index is 0.249. The van der Waals surface area contributed by atoms with Gasteiger partial charge in [-0.15, -0.1) is 0 Å². The average molecular weight is 437 g/mol. The molecule has 3 aromatic rings. The smallest absolute Gasteiger partial charge is 0.222 e. The average Bonchev–Trinajstić information content (AvgIpc) is 3.30. The maximum absolute atomic E-state index is 12.9. The topological polar surface area (TPSA) is 52.2 Å². The first-order valence-electron chi connectivity index (χ1n) is 10.9. The van der Waals surface area contributed by atoms with E-state index in [2.05, 4.69) is 34.3 Å². The Morgan fingerprint density at radius 1 is 1.19 bits per heavy atom. The zero-order valence-corrected chi connectivity index (χ0v) is 18.7. The first-order valence-corrected chi connectivity index (χ1v) is 11.3. The molecule has 1 aliphatic rings. The fourth-order valence-electron chi connectivity index (χ4n) is 4.34. The van der Waals surface area contributed by atoms with Crippen molar-refractivity contribution in [2.24, 2.45) is 0 Å². The molecule has 2 heterocycles. The minimum Gasteiger partial charge on any atom is -0.375 e. The Bertz CT molecular complexity index is 986. The zero-order chi connectivity index (χ0) is 21.6. The van der Waals surface area contributed by atoms with Crippen molar-refractivity contribution in [3.05, 3.63) is 71.5 Å². The number of likely N-dealkylation sites (tertiary alicyclic amines) is 1. The number of aromatic amines is 1. The largest absolute Gasteiger partial charge is 0.375 e. The molecule has 1 aromatic heterocycles. The highest BCUT2D eigenvalue weighted by atomic mass is 35.5.